The van der Waals surface area contributed by atoms with Crippen molar-refractivity contribution in [3.8, 4) is 0 Å². The van der Waals surface area contributed by atoms with E-state index < -0.39 is 0 Å². The third kappa shape index (κ3) is 7.36. The molecule has 0 radical (unpaired) electrons. The van der Waals surface area contributed by atoms with Gasteiger partial charge in [-0.2, -0.15) is 0 Å². The van der Waals surface area contributed by atoms with Crippen molar-refractivity contribution in [3.63, 3.8) is 0 Å². The predicted octanol–water partition coefficient (Wildman–Crippen LogP) is 2.31. The first-order valence-corrected chi connectivity index (χ1v) is 7.95. The second-order valence-electron chi connectivity index (χ2n) is 5.72. The van der Waals surface area contributed by atoms with Crippen molar-refractivity contribution >= 4 is 11.9 Å². The lowest BCUT2D eigenvalue weighted by atomic mass is 9.96. The standard InChI is InChI=1S/C15H29N3O2/c1-3-12(2)17-14(19)10-7-11-16-15(20)18-13-8-5-4-6-9-13/h12-13H,3-11H2,1-2H3,(H,17,19)(H2,16,18,20). The van der Waals surface area contributed by atoms with Crippen LogP contribution in [0.3, 0.4) is 0 Å². The van der Waals surface area contributed by atoms with Crippen molar-refractivity contribution in [2.75, 3.05) is 6.54 Å². The van der Waals surface area contributed by atoms with E-state index in [1.807, 2.05) is 13.8 Å². The Labute approximate surface area is 122 Å². The second kappa shape index (κ2) is 9.61. The molecule has 0 aromatic carbocycles. The minimum atomic E-state index is -0.0979. The lowest BCUT2D eigenvalue weighted by Crippen LogP contribution is -2.43. The van der Waals surface area contributed by atoms with E-state index in [1.54, 1.807) is 0 Å². The summed E-state index contributed by atoms with van der Waals surface area (Å²) in [6.07, 6.45) is 7.96. The first-order valence-electron chi connectivity index (χ1n) is 7.95. The van der Waals surface area contributed by atoms with Gasteiger partial charge in [0.05, 0.1) is 0 Å². The molecule has 1 rings (SSSR count). The molecule has 116 valence electrons. The molecule has 1 aliphatic rings. The minimum Gasteiger partial charge on any atom is -0.354 e. The lowest BCUT2D eigenvalue weighted by Gasteiger charge is -2.22. The molecule has 1 saturated carbocycles. The minimum absolute atomic E-state index is 0.0637. The molecule has 0 bridgehead atoms. The van der Waals surface area contributed by atoms with Gasteiger partial charge in [-0.05, 0) is 32.6 Å². The van der Waals surface area contributed by atoms with E-state index in [4.69, 9.17) is 0 Å². The lowest BCUT2D eigenvalue weighted by molar-refractivity contribution is -0.121. The molecule has 3 amide bonds. The number of hydrogen-bond acceptors (Lipinski definition) is 2. The SMILES string of the molecule is CCC(C)NC(=O)CCCNC(=O)NC1CCCCC1. The molecule has 1 aliphatic carbocycles. The Balaban J connectivity index is 2.02. The molecular formula is C15H29N3O2. The fourth-order valence-electron chi connectivity index (χ4n) is 2.38. The van der Waals surface area contributed by atoms with Gasteiger partial charge in [-0.25, -0.2) is 4.79 Å². The molecule has 1 atom stereocenters. The van der Waals surface area contributed by atoms with Crippen LogP contribution in [0.5, 0.6) is 0 Å². The molecule has 0 aromatic heterocycles. The normalized spacial score (nSPS) is 17.3. The molecule has 5 nitrogen and oxygen atoms in total. The monoisotopic (exact) mass is 283 g/mol. The Morgan fingerprint density at radius 1 is 1.20 bits per heavy atom. The van der Waals surface area contributed by atoms with Crippen LogP contribution in [0, 0.1) is 0 Å². The maximum Gasteiger partial charge on any atom is 0.315 e. The molecule has 1 fully saturated rings. The van der Waals surface area contributed by atoms with E-state index in [0.717, 1.165) is 19.3 Å². The Morgan fingerprint density at radius 2 is 1.90 bits per heavy atom. The topological polar surface area (TPSA) is 70.2 Å². The fourth-order valence-corrected chi connectivity index (χ4v) is 2.38. The molecule has 0 saturated heterocycles. The molecule has 0 aromatic rings. The highest BCUT2D eigenvalue weighted by Gasteiger charge is 2.15. The summed E-state index contributed by atoms with van der Waals surface area (Å²) in [4.78, 5) is 23.2. The molecule has 0 heterocycles. The van der Waals surface area contributed by atoms with E-state index in [1.165, 1.54) is 19.3 Å². The summed E-state index contributed by atoms with van der Waals surface area (Å²) < 4.78 is 0. The first-order chi connectivity index (χ1) is 9.61. The highest BCUT2D eigenvalue weighted by Crippen LogP contribution is 2.17. The predicted molar refractivity (Wildman–Crippen MR) is 80.5 cm³/mol. The molecule has 0 aliphatic heterocycles. The molecule has 20 heavy (non-hydrogen) atoms. The number of amides is 3. The summed E-state index contributed by atoms with van der Waals surface area (Å²) in [6, 6.07) is 0.460. The van der Waals surface area contributed by atoms with Gasteiger partial charge in [-0.15, -0.1) is 0 Å². The van der Waals surface area contributed by atoms with Crippen molar-refractivity contribution in [2.24, 2.45) is 0 Å². The van der Waals surface area contributed by atoms with Gasteiger partial charge in [0.2, 0.25) is 5.91 Å². The average molecular weight is 283 g/mol. The van der Waals surface area contributed by atoms with E-state index in [2.05, 4.69) is 16.0 Å². The van der Waals surface area contributed by atoms with Crippen LogP contribution in [0.4, 0.5) is 4.79 Å². The molecule has 0 spiro atoms. The van der Waals surface area contributed by atoms with Crippen LogP contribution in [0.25, 0.3) is 0 Å². The van der Waals surface area contributed by atoms with Gasteiger partial charge in [-0.1, -0.05) is 26.2 Å². The summed E-state index contributed by atoms with van der Waals surface area (Å²) in [5.41, 5.74) is 0. The Kier molecular flexibility index (Phi) is 8.07. The summed E-state index contributed by atoms with van der Waals surface area (Å²) in [6.45, 7) is 4.59. The van der Waals surface area contributed by atoms with Crippen molar-refractivity contribution in [1.82, 2.24) is 16.0 Å². The quantitative estimate of drug-likeness (QED) is 0.627. The van der Waals surface area contributed by atoms with Crippen LogP contribution in [0.2, 0.25) is 0 Å². The Morgan fingerprint density at radius 3 is 2.55 bits per heavy atom. The first kappa shape index (κ1) is 16.8. The Hall–Kier alpha value is -1.26. The van der Waals surface area contributed by atoms with Crippen LogP contribution in [0.1, 0.15) is 65.2 Å². The third-order valence-electron chi connectivity index (χ3n) is 3.83. The summed E-state index contributed by atoms with van der Waals surface area (Å²) in [5.74, 6) is 0.0637. The smallest absolute Gasteiger partial charge is 0.315 e. The second-order valence-corrected chi connectivity index (χ2v) is 5.72. The van der Waals surface area contributed by atoms with Crippen molar-refractivity contribution in [3.05, 3.63) is 0 Å². The van der Waals surface area contributed by atoms with Gasteiger partial charge in [0.15, 0.2) is 0 Å². The number of carbonyl (C=O) groups excluding carboxylic acids is 2. The summed E-state index contributed by atoms with van der Waals surface area (Å²) in [7, 11) is 0. The third-order valence-corrected chi connectivity index (χ3v) is 3.83. The van der Waals surface area contributed by atoms with Crippen molar-refractivity contribution < 1.29 is 9.59 Å². The highest BCUT2D eigenvalue weighted by molar-refractivity contribution is 5.76. The largest absolute Gasteiger partial charge is 0.354 e. The van der Waals surface area contributed by atoms with Crippen LogP contribution < -0.4 is 16.0 Å². The van der Waals surface area contributed by atoms with Crippen LogP contribution >= 0.6 is 0 Å². The zero-order chi connectivity index (χ0) is 14.8. The van der Waals surface area contributed by atoms with Gasteiger partial charge in [0, 0.05) is 25.0 Å². The van der Waals surface area contributed by atoms with Gasteiger partial charge < -0.3 is 16.0 Å². The number of nitrogens with one attached hydrogen (secondary N) is 3. The Bertz CT molecular complexity index is 301. The molecule has 3 N–H and O–H groups in total. The zero-order valence-corrected chi connectivity index (χ0v) is 12.8. The van der Waals surface area contributed by atoms with Gasteiger partial charge in [-0.3, -0.25) is 4.79 Å². The van der Waals surface area contributed by atoms with Crippen molar-refractivity contribution in [1.29, 1.82) is 0 Å². The summed E-state index contributed by atoms with van der Waals surface area (Å²) >= 11 is 0. The van der Waals surface area contributed by atoms with Crippen LogP contribution in [-0.2, 0) is 4.79 Å². The fraction of sp³-hybridized carbons (Fsp3) is 0.867. The van der Waals surface area contributed by atoms with E-state index >= 15 is 0 Å². The maximum absolute atomic E-state index is 11.7. The van der Waals surface area contributed by atoms with Crippen LogP contribution in [-0.4, -0.2) is 30.6 Å². The number of hydrogen-bond donors (Lipinski definition) is 3. The maximum atomic E-state index is 11.7. The number of urea groups is 1. The summed E-state index contributed by atoms with van der Waals surface area (Å²) in [5, 5.41) is 8.74. The van der Waals surface area contributed by atoms with Crippen molar-refractivity contribution in [2.45, 2.75) is 77.3 Å². The molecule has 5 heteroatoms. The number of rotatable bonds is 7. The highest BCUT2D eigenvalue weighted by atomic mass is 16.2. The van der Waals surface area contributed by atoms with Gasteiger partial charge in [0.1, 0.15) is 0 Å². The van der Waals surface area contributed by atoms with E-state index in [-0.39, 0.29) is 18.0 Å². The molecular weight excluding hydrogens is 254 g/mol. The average Bonchev–Trinajstić information content (AvgIpc) is 2.44. The van der Waals surface area contributed by atoms with E-state index in [0.29, 0.717) is 25.4 Å². The van der Waals surface area contributed by atoms with E-state index in [9.17, 15) is 9.59 Å². The zero-order valence-electron chi connectivity index (χ0n) is 12.8. The van der Waals surface area contributed by atoms with Gasteiger partial charge in [0.25, 0.3) is 0 Å². The van der Waals surface area contributed by atoms with Crippen LogP contribution in [0.15, 0.2) is 0 Å². The number of carbonyl (C=O) groups is 2. The van der Waals surface area contributed by atoms with Gasteiger partial charge >= 0.3 is 6.03 Å². The molecule has 1 unspecified atom stereocenters.